The van der Waals surface area contributed by atoms with Crippen LogP contribution in [0.15, 0.2) is 241 Å². The van der Waals surface area contributed by atoms with Gasteiger partial charge < -0.3 is 9.32 Å². The molecular weight excluding hydrogens is 787 g/mol. The summed E-state index contributed by atoms with van der Waals surface area (Å²) in [5, 5.41) is 12.6. The van der Waals surface area contributed by atoms with E-state index in [-0.39, 0.29) is 0 Å². The lowest BCUT2D eigenvalue weighted by Gasteiger charge is -2.35. The van der Waals surface area contributed by atoms with Crippen LogP contribution in [0.3, 0.4) is 0 Å². The minimum atomic E-state index is -2.74. The zero-order valence-electron chi connectivity index (χ0n) is 33.8. The van der Waals surface area contributed by atoms with E-state index in [9.17, 15) is 0 Å². The molecule has 12 rings (SSSR count). The van der Waals surface area contributed by atoms with Gasteiger partial charge in [-0.05, 0) is 91.2 Å². The Labute approximate surface area is 365 Å². The lowest BCUT2D eigenvalue weighted by Crippen LogP contribution is -2.74. The van der Waals surface area contributed by atoms with E-state index in [4.69, 9.17) is 4.42 Å². The number of hydrogen-bond acceptors (Lipinski definition) is 3. The summed E-state index contributed by atoms with van der Waals surface area (Å²) in [4.78, 5) is 2.40. The third-order valence-corrected chi connectivity index (χ3v) is 18.6. The average Bonchev–Trinajstić information content (AvgIpc) is 3.92. The Hall–Kier alpha value is -7.50. The van der Waals surface area contributed by atoms with Gasteiger partial charge in [0.25, 0.3) is 0 Å². The van der Waals surface area contributed by atoms with Crippen LogP contribution in [0.2, 0.25) is 0 Å². The number of fused-ring (bicyclic) bond motifs is 8. The lowest BCUT2D eigenvalue weighted by molar-refractivity contribution is 0.669. The van der Waals surface area contributed by atoms with Crippen molar-refractivity contribution in [2.75, 3.05) is 4.90 Å². The van der Waals surface area contributed by atoms with Gasteiger partial charge in [0.1, 0.15) is 5.58 Å². The van der Waals surface area contributed by atoms with Gasteiger partial charge in [-0.15, -0.1) is 11.3 Å². The van der Waals surface area contributed by atoms with Crippen molar-refractivity contribution in [3.05, 3.63) is 237 Å². The molecule has 0 bridgehead atoms. The standard InChI is InChI=1S/C58H39NOSSi/c1-4-18-46(19-5-1)62(47-20-6-2-7-21-47,48-22-8-3-9-23-48)49-36-34-45(35-37-49)59(44-32-30-41(31-33-44)43-29-28-40-16-10-11-17-42(40)38-43)53-39-52-50-24-13-15-27-55(50)61-58(52)56-51-25-12-14-26-54(51)60-57(53)56/h1-39H. The van der Waals surface area contributed by atoms with Gasteiger partial charge in [0.05, 0.1) is 5.69 Å². The zero-order chi connectivity index (χ0) is 41.0. The number of hydrogen-bond donors (Lipinski definition) is 0. The minimum Gasteiger partial charge on any atom is -0.454 e. The Kier molecular flexibility index (Phi) is 8.73. The van der Waals surface area contributed by atoms with E-state index >= 15 is 0 Å². The van der Waals surface area contributed by atoms with Gasteiger partial charge in [-0.3, -0.25) is 0 Å². The van der Waals surface area contributed by atoms with Gasteiger partial charge in [-0.25, -0.2) is 0 Å². The van der Waals surface area contributed by atoms with Crippen LogP contribution in [-0.2, 0) is 0 Å². The van der Waals surface area contributed by atoms with Crippen LogP contribution in [0.1, 0.15) is 0 Å². The quantitative estimate of drug-likeness (QED) is 0.112. The van der Waals surface area contributed by atoms with E-state index in [0.717, 1.165) is 39.0 Å². The van der Waals surface area contributed by atoms with Gasteiger partial charge in [0.2, 0.25) is 0 Å². The van der Waals surface area contributed by atoms with Gasteiger partial charge in [0, 0.05) is 42.3 Å². The Morgan fingerprint density at radius 3 is 1.56 bits per heavy atom. The molecule has 0 aliphatic rings. The van der Waals surface area contributed by atoms with Crippen LogP contribution >= 0.6 is 11.3 Å². The molecule has 0 N–H and O–H groups in total. The number of thiophene rings is 1. The van der Waals surface area contributed by atoms with Gasteiger partial charge >= 0.3 is 0 Å². The molecule has 12 aromatic rings. The third-order valence-electron chi connectivity index (χ3n) is 12.6. The molecule has 0 fully saturated rings. The molecule has 0 saturated carbocycles. The highest BCUT2D eigenvalue weighted by molar-refractivity contribution is 7.26. The Morgan fingerprint density at radius 1 is 0.387 bits per heavy atom. The van der Waals surface area contributed by atoms with Crippen molar-refractivity contribution in [2.45, 2.75) is 0 Å². The maximum Gasteiger partial charge on any atom is 0.179 e. The molecule has 0 aliphatic carbocycles. The molecule has 0 radical (unpaired) electrons. The minimum absolute atomic E-state index is 0.884. The number of anilines is 3. The van der Waals surface area contributed by atoms with Gasteiger partial charge in [0.15, 0.2) is 13.7 Å². The van der Waals surface area contributed by atoms with Crippen molar-refractivity contribution in [1.29, 1.82) is 0 Å². The molecule has 0 spiro atoms. The summed E-state index contributed by atoms with van der Waals surface area (Å²) in [5.41, 5.74) is 7.27. The van der Waals surface area contributed by atoms with Gasteiger partial charge in [-0.2, -0.15) is 0 Å². The molecule has 2 nitrogen and oxygen atoms in total. The first kappa shape index (κ1) is 36.4. The number of para-hydroxylation sites is 1. The Balaban J connectivity index is 1.10. The molecule has 0 aliphatic heterocycles. The number of rotatable bonds is 8. The molecule has 2 heterocycles. The van der Waals surface area contributed by atoms with E-state index in [1.54, 1.807) is 0 Å². The van der Waals surface area contributed by atoms with Crippen LogP contribution in [-0.4, -0.2) is 8.07 Å². The molecule has 0 unspecified atom stereocenters. The largest absolute Gasteiger partial charge is 0.454 e. The van der Waals surface area contributed by atoms with Crippen molar-refractivity contribution < 1.29 is 4.42 Å². The van der Waals surface area contributed by atoms with Gasteiger partial charge in [-0.1, -0.05) is 188 Å². The van der Waals surface area contributed by atoms with Crippen LogP contribution in [0.4, 0.5) is 17.1 Å². The maximum absolute atomic E-state index is 6.97. The summed E-state index contributed by atoms with van der Waals surface area (Å²) < 4.78 is 9.49. The summed E-state index contributed by atoms with van der Waals surface area (Å²) in [5.74, 6) is 0. The summed E-state index contributed by atoms with van der Waals surface area (Å²) >= 11 is 1.85. The fourth-order valence-electron chi connectivity index (χ4n) is 9.74. The van der Waals surface area contributed by atoms with Crippen molar-refractivity contribution in [3.8, 4) is 11.1 Å². The third kappa shape index (κ3) is 5.83. The lowest BCUT2D eigenvalue weighted by atomic mass is 10.0. The SMILES string of the molecule is c1ccc([Si](c2ccccc2)(c2ccccc2)c2ccc(N(c3ccc(-c4ccc5ccccc5c4)cc3)c3cc4c5ccccc5sc4c4c3oc3ccccc34)cc2)cc1. The smallest absolute Gasteiger partial charge is 0.179 e. The second kappa shape index (κ2) is 14.9. The summed E-state index contributed by atoms with van der Waals surface area (Å²) in [6.07, 6.45) is 0. The van der Waals surface area contributed by atoms with E-state index in [1.165, 1.54) is 62.8 Å². The van der Waals surface area contributed by atoms with Crippen molar-refractivity contribution in [1.82, 2.24) is 0 Å². The number of nitrogens with zero attached hydrogens (tertiary/aromatic N) is 1. The van der Waals surface area contributed by atoms with Crippen LogP contribution in [0, 0.1) is 0 Å². The van der Waals surface area contributed by atoms with Crippen molar-refractivity contribution in [3.63, 3.8) is 0 Å². The first-order valence-electron chi connectivity index (χ1n) is 21.2. The average molecular weight is 826 g/mol. The predicted molar refractivity (Wildman–Crippen MR) is 268 cm³/mol. The van der Waals surface area contributed by atoms with Crippen LogP contribution in [0.5, 0.6) is 0 Å². The van der Waals surface area contributed by atoms with E-state index < -0.39 is 8.07 Å². The van der Waals surface area contributed by atoms with Crippen LogP contribution in [0.25, 0.3) is 64.0 Å². The highest BCUT2D eigenvalue weighted by Crippen LogP contribution is 2.49. The fourth-order valence-corrected chi connectivity index (χ4v) is 15.7. The molecule has 0 atom stereocenters. The Morgan fingerprint density at radius 2 is 0.903 bits per heavy atom. The summed E-state index contributed by atoms with van der Waals surface area (Å²) in [6.45, 7) is 0. The molecule has 0 amide bonds. The van der Waals surface area contributed by atoms with Crippen LogP contribution < -0.4 is 25.6 Å². The van der Waals surface area contributed by atoms with Crippen molar-refractivity contribution >= 4 is 110 Å². The number of benzene rings is 10. The highest BCUT2D eigenvalue weighted by Gasteiger charge is 2.41. The van der Waals surface area contributed by atoms with E-state index in [0.29, 0.717) is 0 Å². The fraction of sp³-hybridized carbons (Fsp3) is 0. The molecule has 0 saturated heterocycles. The first-order chi connectivity index (χ1) is 30.7. The predicted octanol–water partition coefficient (Wildman–Crippen LogP) is 13.6. The molecular formula is C58H39NOSSi. The second-order valence-corrected chi connectivity index (χ2v) is 20.9. The van der Waals surface area contributed by atoms with E-state index in [1.807, 2.05) is 11.3 Å². The first-order valence-corrected chi connectivity index (χ1v) is 24.0. The highest BCUT2D eigenvalue weighted by atomic mass is 32.1. The molecule has 4 heteroatoms. The summed E-state index contributed by atoms with van der Waals surface area (Å²) in [6, 6.07) is 86.8. The normalized spacial score (nSPS) is 11.9. The molecule has 10 aromatic carbocycles. The monoisotopic (exact) mass is 825 g/mol. The maximum atomic E-state index is 6.97. The van der Waals surface area contributed by atoms with Crippen molar-refractivity contribution in [2.24, 2.45) is 0 Å². The molecule has 292 valence electrons. The van der Waals surface area contributed by atoms with E-state index in [2.05, 4.69) is 241 Å². The molecule has 2 aromatic heterocycles. The molecule has 62 heavy (non-hydrogen) atoms. The summed E-state index contributed by atoms with van der Waals surface area (Å²) in [7, 11) is -2.74. The zero-order valence-corrected chi connectivity index (χ0v) is 35.6. The topological polar surface area (TPSA) is 16.4 Å². The number of furan rings is 1. The Bertz CT molecular complexity index is 3460. The second-order valence-electron chi connectivity index (χ2n) is 16.0.